The van der Waals surface area contributed by atoms with Crippen molar-refractivity contribution in [3.05, 3.63) is 41.4 Å². The van der Waals surface area contributed by atoms with Gasteiger partial charge in [0.2, 0.25) is 5.91 Å². The number of halogens is 1. The maximum atomic E-state index is 14.7. The van der Waals surface area contributed by atoms with Crippen molar-refractivity contribution in [3.8, 4) is 0 Å². The fraction of sp³-hybridized carbons (Fsp3) is 0.621. The molecule has 3 saturated heterocycles. The molecule has 208 valence electrons. The van der Waals surface area contributed by atoms with Crippen LogP contribution in [0.15, 0.2) is 30.9 Å². The van der Waals surface area contributed by atoms with Gasteiger partial charge in [-0.2, -0.15) is 0 Å². The van der Waals surface area contributed by atoms with Crippen molar-refractivity contribution in [2.45, 2.75) is 68.9 Å². The summed E-state index contributed by atoms with van der Waals surface area (Å²) in [6.07, 6.45) is 5.56. The molecule has 0 aromatic heterocycles. The number of esters is 1. The molecule has 3 unspecified atom stereocenters. The number of fused-ring (bicyclic) bond motifs is 1. The molecule has 6 atom stereocenters. The molecule has 0 saturated carbocycles. The summed E-state index contributed by atoms with van der Waals surface area (Å²) in [7, 11) is 0. The van der Waals surface area contributed by atoms with Crippen LogP contribution in [0, 0.1) is 24.7 Å². The van der Waals surface area contributed by atoms with Crippen molar-refractivity contribution in [2.24, 2.45) is 17.8 Å². The standard InChI is InChI=1S/C29H39ClN2O5S/c1-5-14-31(24-18(3)12-11-13-20(24)30)27(35)25-29-19(4)17-21(38-29)22(28(36)37-6-2)23(29)26(34)32(25)15-9-7-8-10-16-33/h5,11-13,19,21-23,25,33H,1,6-10,14-17H2,2-4H3/t19?,21-,22+,23-,25?,29?/m0/s1. The Bertz CT molecular complexity index is 1060. The normalized spacial score (nSPS) is 29.4. The number of benzene rings is 1. The Morgan fingerprint density at radius 2 is 2.05 bits per heavy atom. The van der Waals surface area contributed by atoms with Crippen LogP contribution in [0.1, 0.15) is 51.5 Å². The number of nitrogens with zero attached hydrogens (tertiary/aromatic N) is 2. The third kappa shape index (κ3) is 4.77. The molecular weight excluding hydrogens is 524 g/mol. The summed E-state index contributed by atoms with van der Waals surface area (Å²) in [5, 5.41) is 9.57. The number of anilines is 1. The van der Waals surface area contributed by atoms with Gasteiger partial charge in [-0.3, -0.25) is 14.4 Å². The summed E-state index contributed by atoms with van der Waals surface area (Å²) in [6.45, 7) is 10.8. The maximum Gasteiger partial charge on any atom is 0.310 e. The molecule has 3 aliphatic rings. The second kappa shape index (κ2) is 12.0. The van der Waals surface area contributed by atoms with E-state index in [1.165, 1.54) is 0 Å². The van der Waals surface area contributed by atoms with Crippen molar-refractivity contribution < 1.29 is 24.2 Å². The number of rotatable bonds is 12. The van der Waals surface area contributed by atoms with Crippen molar-refractivity contribution in [3.63, 3.8) is 0 Å². The van der Waals surface area contributed by atoms with Crippen LogP contribution in [0.25, 0.3) is 0 Å². The van der Waals surface area contributed by atoms with E-state index in [9.17, 15) is 14.4 Å². The Balaban J connectivity index is 1.77. The van der Waals surface area contributed by atoms with Gasteiger partial charge in [0, 0.05) is 24.9 Å². The van der Waals surface area contributed by atoms with Crippen molar-refractivity contribution in [1.82, 2.24) is 4.90 Å². The summed E-state index contributed by atoms with van der Waals surface area (Å²) in [5.41, 5.74) is 1.49. The number of thioether (sulfide) groups is 1. The summed E-state index contributed by atoms with van der Waals surface area (Å²) in [5.74, 6) is -1.71. The Labute approximate surface area is 234 Å². The lowest BCUT2D eigenvalue weighted by Gasteiger charge is -2.40. The van der Waals surface area contributed by atoms with Crippen LogP contribution in [0.3, 0.4) is 0 Å². The minimum absolute atomic E-state index is 0.0464. The van der Waals surface area contributed by atoms with E-state index in [2.05, 4.69) is 13.5 Å². The van der Waals surface area contributed by atoms with Gasteiger partial charge in [0.1, 0.15) is 6.04 Å². The highest BCUT2D eigenvalue weighted by Gasteiger charge is 2.76. The molecule has 0 radical (unpaired) electrons. The van der Waals surface area contributed by atoms with Gasteiger partial charge in [0.15, 0.2) is 0 Å². The first-order valence-electron chi connectivity index (χ1n) is 13.7. The van der Waals surface area contributed by atoms with Gasteiger partial charge in [-0.25, -0.2) is 0 Å². The van der Waals surface area contributed by atoms with Gasteiger partial charge in [-0.05, 0) is 50.7 Å². The van der Waals surface area contributed by atoms with Gasteiger partial charge < -0.3 is 19.6 Å². The third-order valence-electron chi connectivity index (χ3n) is 8.38. The number of carbonyl (C=O) groups excluding carboxylic acids is 3. The van der Waals surface area contributed by atoms with E-state index < -0.39 is 22.6 Å². The molecule has 3 fully saturated rings. The van der Waals surface area contributed by atoms with Gasteiger partial charge in [-0.15, -0.1) is 18.3 Å². The maximum absolute atomic E-state index is 14.7. The number of likely N-dealkylation sites (tertiary alicyclic amines) is 1. The van der Waals surface area contributed by atoms with Crippen molar-refractivity contribution in [2.75, 3.05) is 31.2 Å². The third-order valence-corrected chi connectivity index (χ3v) is 10.8. The largest absolute Gasteiger partial charge is 0.466 e. The number of aliphatic hydroxyl groups is 1. The Morgan fingerprint density at radius 3 is 2.71 bits per heavy atom. The first-order chi connectivity index (χ1) is 18.2. The quantitative estimate of drug-likeness (QED) is 0.227. The molecule has 0 aliphatic carbocycles. The van der Waals surface area contributed by atoms with E-state index in [0.29, 0.717) is 23.7 Å². The van der Waals surface area contributed by atoms with E-state index in [1.807, 2.05) is 19.1 Å². The van der Waals surface area contributed by atoms with Crippen LogP contribution in [0.2, 0.25) is 5.02 Å². The SMILES string of the molecule is C=CCN(C(=O)C1N(CCCCCCO)C(=O)[C@@H]2[C@H](C(=O)OCC)[C@@H]3CC(C)C12S3)c1c(C)cccc1Cl. The molecule has 1 N–H and O–H groups in total. The van der Waals surface area contributed by atoms with E-state index >= 15 is 0 Å². The van der Waals surface area contributed by atoms with Gasteiger partial charge in [0.25, 0.3) is 5.91 Å². The van der Waals surface area contributed by atoms with Crippen LogP contribution in [0.5, 0.6) is 0 Å². The van der Waals surface area contributed by atoms with Gasteiger partial charge in [0.05, 0.1) is 33.9 Å². The first kappa shape index (κ1) is 29.0. The Hall–Kier alpha value is -2.03. The highest BCUT2D eigenvalue weighted by Crippen LogP contribution is 2.69. The molecule has 9 heteroatoms. The monoisotopic (exact) mass is 562 g/mol. The van der Waals surface area contributed by atoms with Gasteiger partial charge >= 0.3 is 5.97 Å². The first-order valence-corrected chi connectivity index (χ1v) is 14.9. The Morgan fingerprint density at radius 1 is 1.32 bits per heavy atom. The van der Waals surface area contributed by atoms with Gasteiger partial charge in [-0.1, -0.05) is 49.6 Å². The highest BCUT2D eigenvalue weighted by molar-refractivity contribution is 8.02. The minimum Gasteiger partial charge on any atom is -0.466 e. The number of unbranched alkanes of at least 4 members (excludes halogenated alkanes) is 3. The summed E-state index contributed by atoms with van der Waals surface area (Å²) in [4.78, 5) is 45.4. The molecule has 3 heterocycles. The molecular formula is C29H39ClN2O5S. The van der Waals surface area contributed by atoms with Crippen LogP contribution >= 0.6 is 23.4 Å². The number of carbonyl (C=O) groups is 3. The number of hydrogen-bond acceptors (Lipinski definition) is 6. The molecule has 1 aromatic rings. The summed E-state index contributed by atoms with van der Waals surface area (Å²) >= 11 is 8.28. The zero-order valence-electron chi connectivity index (χ0n) is 22.5. The summed E-state index contributed by atoms with van der Waals surface area (Å²) < 4.78 is 4.72. The minimum atomic E-state index is -0.724. The second-order valence-corrected chi connectivity index (χ2v) is 12.6. The lowest BCUT2D eigenvalue weighted by atomic mass is 9.66. The fourth-order valence-corrected chi connectivity index (χ4v) is 9.55. The molecule has 3 aliphatic heterocycles. The topological polar surface area (TPSA) is 87.2 Å². The Kier molecular flexibility index (Phi) is 9.15. The molecule has 1 spiro atoms. The van der Waals surface area contributed by atoms with Crippen LogP contribution in [-0.2, 0) is 19.1 Å². The van der Waals surface area contributed by atoms with E-state index in [4.69, 9.17) is 21.4 Å². The number of aliphatic hydroxyl groups excluding tert-OH is 1. The van der Waals surface area contributed by atoms with E-state index in [1.54, 1.807) is 40.6 Å². The smallest absolute Gasteiger partial charge is 0.310 e. The van der Waals surface area contributed by atoms with Crippen LogP contribution in [0.4, 0.5) is 5.69 Å². The summed E-state index contributed by atoms with van der Waals surface area (Å²) in [6, 6.07) is 4.81. The molecule has 7 nitrogen and oxygen atoms in total. The second-order valence-electron chi connectivity index (χ2n) is 10.6. The molecule has 1 aromatic carbocycles. The lowest BCUT2D eigenvalue weighted by Crippen LogP contribution is -2.57. The molecule has 2 bridgehead atoms. The zero-order valence-corrected chi connectivity index (χ0v) is 24.1. The van der Waals surface area contributed by atoms with E-state index in [0.717, 1.165) is 31.2 Å². The predicted octanol–water partition coefficient (Wildman–Crippen LogP) is 4.62. The predicted molar refractivity (Wildman–Crippen MR) is 151 cm³/mol. The molecule has 4 rings (SSSR count). The number of hydrogen-bond donors (Lipinski definition) is 1. The molecule has 38 heavy (non-hydrogen) atoms. The average molecular weight is 563 g/mol. The van der Waals surface area contributed by atoms with Crippen LogP contribution < -0.4 is 4.90 Å². The highest BCUT2D eigenvalue weighted by atomic mass is 35.5. The van der Waals surface area contributed by atoms with E-state index in [-0.39, 0.29) is 48.7 Å². The molecule has 2 amide bonds. The van der Waals surface area contributed by atoms with Crippen molar-refractivity contribution >= 4 is 46.8 Å². The fourth-order valence-electron chi connectivity index (χ4n) is 6.83. The lowest BCUT2D eigenvalue weighted by molar-refractivity contribution is -0.154. The van der Waals surface area contributed by atoms with Crippen molar-refractivity contribution in [1.29, 1.82) is 0 Å². The zero-order chi connectivity index (χ0) is 27.6. The van der Waals surface area contributed by atoms with Crippen LogP contribution in [-0.4, -0.2) is 70.1 Å². The average Bonchev–Trinajstić information content (AvgIpc) is 3.47. The number of amides is 2. The number of para-hydroxylation sites is 1. The number of ether oxygens (including phenoxy) is 1. The number of aryl methyl sites for hydroxylation is 1.